The number of halogens is 1. The molecule has 2 aromatic rings. The summed E-state index contributed by atoms with van der Waals surface area (Å²) in [7, 11) is 4.14. The summed E-state index contributed by atoms with van der Waals surface area (Å²) >= 11 is 6.24. The molecule has 1 saturated heterocycles. The van der Waals surface area contributed by atoms with E-state index in [-0.39, 0.29) is 6.04 Å². The maximum absolute atomic E-state index is 6.24. The Balaban J connectivity index is 1.97. The van der Waals surface area contributed by atoms with Crippen LogP contribution in [0.4, 0.5) is 5.69 Å². The predicted octanol–water partition coefficient (Wildman–Crippen LogP) is 3.40. The van der Waals surface area contributed by atoms with Crippen LogP contribution >= 0.6 is 11.6 Å². The maximum atomic E-state index is 6.24. The van der Waals surface area contributed by atoms with Crippen LogP contribution in [0.15, 0.2) is 48.5 Å². The van der Waals surface area contributed by atoms with Crippen LogP contribution in [-0.2, 0) is 0 Å². The summed E-state index contributed by atoms with van der Waals surface area (Å²) in [6, 6.07) is 17.4. The van der Waals surface area contributed by atoms with Gasteiger partial charge in [0.05, 0.1) is 6.04 Å². The number of piperazine rings is 1. The first-order valence-corrected chi connectivity index (χ1v) is 8.50. The van der Waals surface area contributed by atoms with E-state index in [1.54, 1.807) is 0 Å². The second kappa shape index (κ2) is 7.35. The molecule has 1 atom stereocenters. The number of benzene rings is 2. The van der Waals surface area contributed by atoms with Crippen LogP contribution in [0.1, 0.15) is 17.2 Å². The Bertz CT molecular complexity index is 633. The molecule has 1 aliphatic heterocycles. The minimum Gasteiger partial charge on any atom is -0.378 e. The average molecular weight is 330 g/mol. The first-order valence-electron chi connectivity index (χ1n) is 8.12. The smallest absolute Gasteiger partial charge is 0.0603 e. The predicted molar refractivity (Wildman–Crippen MR) is 98.5 cm³/mol. The van der Waals surface area contributed by atoms with E-state index < -0.39 is 0 Å². The van der Waals surface area contributed by atoms with Gasteiger partial charge in [0.15, 0.2) is 0 Å². The molecule has 23 heavy (non-hydrogen) atoms. The number of hydrogen-bond acceptors (Lipinski definition) is 3. The maximum Gasteiger partial charge on any atom is 0.0603 e. The fourth-order valence-corrected chi connectivity index (χ4v) is 3.38. The second-order valence-corrected chi connectivity index (χ2v) is 6.67. The van der Waals surface area contributed by atoms with Gasteiger partial charge in [0.25, 0.3) is 0 Å². The van der Waals surface area contributed by atoms with Gasteiger partial charge >= 0.3 is 0 Å². The molecule has 1 N–H and O–H groups in total. The van der Waals surface area contributed by atoms with Crippen molar-refractivity contribution in [3.63, 3.8) is 0 Å². The summed E-state index contributed by atoms with van der Waals surface area (Å²) in [4.78, 5) is 4.66. The van der Waals surface area contributed by atoms with Crippen LogP contribution in [0.5, 0.6) is 0 Å². The Labute approximate surface area is 143 Å². The van der Waals surface area contributed by atoms with Gasteiger partial charge in [-0.1, -0.05) is 35.9 Å². The third kappa shape index (κ3) is 3.86. The van der Waals surface area contributed by atoms with Gasteiger partial charge in [0.2, 0.25) is 0 Å². The van der Waals surface area contributed by atoms with Crippen molar-refractivity contribution < 1.29 is 0 Å². The lowest BCUT2D eigenvalue weighted by atomic mass is 9.96. The third-order valence-electron chi connectivity index (χ3n) is 4.41. The fraction of sp³-hybridized carbons (Fsp3) is 0.368. The first kappa shape index (κ1) is 16.3. The molecule has 1 fully saturated rings. The molecule has 0 spiro atoms. The van der Waals surface area contributed by atoms with E-state index in [1.807, 2.05) is 12.1 Å². The molecular formula is C19H24ClN3. The van der Waals surface area contributed by atoms with Crippen molar-refractivity contribution in [3.05, 3.63) is 64.7 Å². The van der Waals surface area contributed by atoms with Gasteiger partial charge in [-0.15, -0.1) is 0 Å². The van der Waals surface area contributed by atoms with E-state index in [0.29, 0.717) is 0 Å². The molecule has 0 aliphatic carbocycles. The van der Waals surface area contributed by atoms with Crippen LogP contribution in [-0.4, -0.2) is 45.2 Å². The highest BCUT2D eigenvalue weighted by Gasteiger charge is 2.24. The van der Waals surface area contributed by atoms with Crippen LogP contribution in [0.2, 0.25) is 5.02 Å². The Morgan fingerprint density at radius 2 is 1.70 bits per heavy atom. The number of rotatable bonds is 4. The number of anilines is 1. The minimum atomic E-state index is 0.256. The second-order valence-electron chi connectivity index (χ2n) is 6.23. The molecule has 1 unspecified atom stereocenters. The van der Waals surface area contributed by atoms with E-state index in [0.717, 1.165) is 31.2 Å². The average Bonchev–Trinajstić information content (AvgIpc) is 2.57. The number of nitrogens with one attached hydrogen (secondary N) is 1. The fourth-order valence-electron chi connectivity index (χ4n) is 3.19. The first-order chi connectivity index (χ1) is 11.1. The number of nitrogens with zero attached hydrogens (tertiary/aromatic N) is 2. The molecule has 3 nitrogen and oxygen atoms in total. The zero-order chi connectivity index (χ0) is 16.2. The summed E-state index contributed by atoms with van der Waals surface area (Å²) in [5.41, 5.74) is 3.80. The SMILES string of the molecule is CN(C)c1ccc(C(c2cccc(Cl)c2)N2CCNCC2)cc1. The molecule has 0 saturated carbocycles. The van der Waals surface area contributed by atoms with Crippen molar-refractivity contribution in [2.45, 2.75) is 6.04 Å². The van der Waals surface area contributed by atoms with Crippen molar-refractivity contribution in [2.75, 3.05) is 45.2 Å². The highest BCUT2D eigenvalue weighted by atomic mass is 35.5. The van der Waals surface area contributed by atoms with Gasteiger partial charge in [0, 0.05) is 51.0 Å². The molecule has 0 amide bonds. The Morgan fingerprint density at radius 1 is 1.00 bits per heavy atom. The van der Waals surface area contributed by atoms with Crippen LogP contribution < -0.4 is 10.2 Å². The Hall–Kier alpha value is -1.55. The molecule has 1 aliphatic rings. The summed E-state index contributed by atoms with van der Waals surface area (Å²) in [5, 5.41) is 4.23. The molecule has 0 bridgehead atoms. The largest absolute Gasteiger partial charge is 0.378 e. The topological polar surface area (TPSA) is 18.5 Å². The van der Waals surface area contributed by atoms with Crippen molar-refractivity contribution in [3.8, 4) is 0 Å². The van der Waals surface area contributed by atoms with Crippen LogP contribution in [0.3, 0.4) is 0 Å². The Kier molecular flexibility index (Phi) is 5.21. The van der Waals surface area contributed by atoms with Crippen molar-refractivity contribution in [1.82, 2.24) is 10.2 Å². The molecule has 4 heteroatoms. The van der Waals surface area contributed by atoms with Crippen LogP contribution in [0.25, 0.3) is 0 Å². The lowest BCUT2D eigenvalue weighted by Gasteiger charge is -2.35. The quantitative estimate of drug-likeness (QED) is 0.927. The van der Waals surface area contributed by atoms with Gasteiger partial charge in [0.1, 0.15) is 0 Å². The standard InChI is InChI=1S/C19H24ClN3/c1-22(2)18-8-6-15(7-9-18)19(23-12-10-21-11-13-23)16-4-3-5-17(20)14-16/h3-9,14,19,21H,10-13H2,1-2H3. The van der Waals surface area contributed by atoms with Gasteiger partial charge in [-0.25, -0.2) is 0 Å². The molecule has 0 radical (unpaired) electrons. The van der Waals surface area contributed by atoms with Gasteiger partial charge in [-0.3, -0.25) is 4.90 Å². The third-order valence-corrected chi connectivity index (χ3v) is 4.64. The monoisotopic (exact) mass is 329 g/mol. The minimum absolute atomic E-state index is 0.256. The van der Waals surface area contributed by atoms with E-state index in [4.69, 9.17) is 11.6 Å². The van der Waals surface area contributed by atoms with E-state index in [9.17, 15) is 0 Å². The van der Waals surface area contributed by atoms with Gasteiger partial charge in [-0.05, 0) is 35.4 Å². The lowest BCUT2D eigenvalue weighted by Crippen LogP contribution is -2.45. The molecule has 122 valence electrons. The summed E-state index contributed by atoms with van der Waals surface area (Å²) in [5.74, 6) is 0. The molecule has 1 heterocycles. The van der Waals surface area contributed by atoms with E-state index in [1.165, 1.54) is 16.8 Å². The highest BCUT2D eigenvalue weighted by molar-refractivity contribution is 6.30. The zero-order valence-corrected chi connectivity index (χ0v) is 14.6. The lowest BCUT2D eigenvalue weighted by molar-refractivity contribution is 0.198. The van der Waals surface area contributed by atoms with E-state index in [2.05, 4.69) is 65.6 Å². The van der Waals surface area contributed by atoms with Crippen LogP contribution in [0, 0.1) is 0 Å². The molecule has 0 aromatic heterocycles. The zero-order valence-electron chi connectivity index (χ0n) is 13.8. The van der Waals surface area contributed by atoms with Crippen molar-refractivity contribution in [1.29, 1.82) is 0 Å². The summed E-state index contributed by atoms with van der Waals surface area (Å²) < 4.78 is 0. The van der Waals surface area contributed by atoms with Crippen molar-refractivity contribution >= 4 is 17.3 Å². The Morgan fingerprint density at radius 3 is 2.30 bits per heavy atom. The molecule has 3 rings (SSSR count). The molecular weight excluding hydrogens is 306 g/mol. The highest BCUT2D eigenvalue weighted by Crippen LogP contribution is 2.31. The van der Waals surface area contributed by atoms with Crippen molar-refractivity contribution in [2.24, 2.45) is 0 Å². The summed E-state index contributed by atoms with van der Waals surface area (Å²) in [6.07, 6.45) is 0. The van der Waals surface area contributed by atoms with Gasteiger partial charge < -0.3 is 10.2 Å². The molecule has 2 aromatic carbocycles. The van der Waals surface area contributed by atoms with Gasteiger partial charge in [-0.2, -0.15) is 0 Å². The summed E-state index contributed by atoms with van der Waals surface area (Å²) in [6.45, 7) is 4.17. The van der Waals surface area contributed by atoms with E-state index >= 15 is 0 Å². The normalized spacial score (nSPS) is 17.0. The number of hydrogen-bond donors (Lipinski definition) is 1.